The van der Waals surface area contributed by atoms with Crippen LogP contribution in [0.1, 0.15) is 10.5 Å². The van der Waals surface area contributed by atoms with Crippen LogP contribution in [0, 0.1) is 0 Å². The third-order valence-electron chi connectivity index (χ3n) is 3.16. The Labute approximate surface area is 147 Å². The highest BCUT2D eigenvalue weighted by Gasteiger charge is 2.31. The quantitative estimate of drug-likeness (QED) is 0.720. The van der Waals surface area contributed by atoms with Crippen molar-refractivity contribution in [2.24, 2.45) is 0 Å². The summed E-state index contributed by atoms with van der Waals surface area (Å²) in [5.41, 5.74) is -0.103. The van der Waals surface area contributed by atoms with Gasteiger partial charge in [-0.05, 0) is 12.1 Å². The number of anilines is 1. The number of nitrogens with zero attached hydrogens (tertiary/aromatic N) is 1. The summed E-state index contributed by atoms with van der Waals surface area (Å²) < 4.78 is 45.8. The second-order valence-corrected chi connectivity index (χ2v) is 5.96. The van der Waals surface area contributed by atoms with E-state index in [0.717, 1.165) is 23.5 Å². The largest absolute Gasteiger partial charge is 0.573 e. The molecule has 0 spiro atoms. The predicted molar refractivity (Wildman–Crippen MR) is 87.9 cm³/mol. The van der Waals surface area contributed by atoms with Crippen LogP contribution in [0.2, 0.25) is 0 Å². The van der Waals surface area contributed by atoms with Crippen molar-refractivity contribution in [3.05, 3.63) is 46.4 Å². The minimum atomic E-state index is -4.80. The lowest BCUT2D eigenvalue weighted by molar-refractivity contribution is -0.274. The van der Waals surface area contributed by atoms with Crippen molar-refractivity contribution < 1.29 is 27.4 Å². The molecule has 1 amide bonds. The van der Waals surface area contributed by atoms with Crippen molar-refractivity contribution in [1.82, 2.24) is 9.97 Å². The molecule has 26 heavy (non-hydrogen) atoms. The van der Waals surface area contributed by atoms with Gasteiger partial charge in [-0.15, -0.1) is 13.2 Å². The molecule has 0 radical (unpaired) electrons. The zero-order chi connectivity index (χ0) is 18.9. The highest BCUT2D eigenvalue weighted by atomic mass is 32.1. The van der Waals surface area contributed by atoms with Crippen LogP contribution in [-0.2, 0) is 0 Å². The molecule has 3 rings (SSSR count). The van der Waals surface area contributed by atoms with Crippen molar-refractivity contribution in [2.75, 3.05) is 12.4 Å². The molecule has 0 aliphatic heterocycles. The molecule has 136 valence electrons. The maximum absolute atomic E-state index is 12.3. The van der Waals surface area contributed by atoms with Crippen LogP contribution in [0.4, 0.5) is 18.3 Å². The van der Waals surface area contributed by atoms with Gasteiger partial charge in [0, 0.05) is 18.3 Å². The molecule has 0 saturated carbocycles. The summed E-state index contributed by atoms with van der Waals surface area (Å²) in [6, 6.07) is 4.71. The van der Waals surface area contributed by atoms with Crippen LogP contribution in [0.3, 0.4) is 0 Å². The molecule has 2 aromatic heterocycles. The van der Waals surface area contributed by atoms with E-state index in [1.165, 1.54) is 25.4 Å². The van der Waals surface area contributed by atoms with E-state index >= 15 is 0 Å². The zero-order valence-electron chi connectivity index (χ0n) is 13.0. The van der Waals surface area contributed by atoms with Gasteiger partial charge in [0.1, 0.15) is 11.4 Å². The smallest absolute Gasteiger partial charge is 0.491 e. The highest BCUT2D eigenvalue weighted by molar-refractivity contribution is 7.22. The Morgan fingerprint density at radius 2 is 2.08 bits per heavy atom. The van der Waals surface area contributed by atoms with Gasteiger partial charge in [-0.1, -0.05) is 11.3 Å². The number of methoxy groups -OCH3 is 1. The molecule has 3 aromatic rings. The van der Waals surface area contributed by atoms with Gasteiger partial charge >= 0.3 is 6.36 Å². The number of benzene rings is 1. The number of hydrogen-bond donors (Lipinski definition) is 2. The summed E-state index contributed by atoms with van der Waals surface area (Å²) in [5, 5.41) is 2.63. The van der Waals surface area contributed by atoms with E-state index in [1.807, 2.05) is 0 Å². The topological polar surface area (TPSA) is 93.3 Å². The number of hydrogen-bond acceptors (Lipinski definition) is 6. The summed E-state index contributed by atoms with van der Waals surface area (Å²) in [7, 11) is 1.32. The van der Waals surface area contributed by atoms with Gasteiger partial charge in [0.2, 0.25) is 5.43 Å². The van der Waals surface area contributed by atoms with Crippen LogP contribution in [0.25, 0.3) is 10.2 Å². The molecule has 0 unspecified atom stereocenters. The molecule has 0 saturated heterocycles. The molecule has 0 aliphatic carbocycles. The van der Waals surface area contributed by atoms with Crippen LogP contribution < -0.4 is 20.2 Å². The van der Waals surface area contributed by atoms with Gasteiger partial charge in [-0.3, -0.25) is 14.9 Å². The average molecular weight is 385 g/mol. The second kappa shape index (κ2) is 6.67. The fraction of sp³-hybridized carbons (Fsp3) is 0.133. The number of pyridine rings is 1. The van der Waals surface area contributed by atoms with Crippen molar-refractivity contribution in [1.29, 1.82) is 0 Å². The number of ether oxygens (including phenoxy) is 2. The first kappa shape index (κ1) is 17.7. The lowest BCUT2D eigenvalue weighted by atomic mass is 10.3. The Morgan fingerprint density at radius 3 is 2.73 bits per heavy atom. The number of aromatic nitrogens is 2. The standard InChI is InChI=1S/C15H10F3N3O4S/c1-24-11-6-19-9(5-10(11)22)13(23)21-14-20-8-3-2-7(4-12(8)26-14)25-15(16,17)18/h2-6H,1H3,(H,19,22)(H,20,21,23). The van der Waals surface area contributed by atoms with Crippen molar-refractivity contribution >= 4 is 32.6 Å². The van der Waals surface area contributed by atoms with E-state index in [0.29, 0.717) is 10.2 Å². The van der Waals surface area contributed by atoms with Gasteiger partial charge in [0.15, 0.2) is 10.9 Å². The Hall–Kier alpha value is -3.08. The predicted octanol–water partition coefficient (Wildman–Crippen LogP) is 3.14. The number of carbonyl (C=O) groups is 1. The van der Waals surface area contributed by atoms with E-state index in [1.54, 1.807) is 0 Å². The van der Waals surface area contributed by atoms with Gasteiger partial charge in [0.25, 0.3) is 5.91 Å². The minimum absolute atomic E-state index is 0.0175. The first-order chi connectivity index (χ1) is 12.2. The molecule has 0 bridgehead atoms. The van der Waals surface area contributed by atoms with Crippen LogP contribution in [0.5, 0.6) is 11.5 Å². The molecule has 0 fully saturated rings. The normalized spacial score (nSPS) is 11.4. The Bertz CT molecular complexity index is 1030. The molecular formula is C15H10F3N3O4S. The minimum Gasteiger partial charge on any atom is -0.491 e. The van der Waals surface area contributed by atoms with Crippen molar-refractivity contribution in [3.8, 4) is 11.5 Å². The Morgan fingerprint density at radius 1 is 1.31 bits per heavy atom. The number of halogens is 3. The Balaban J connectivity index is 1.81. The lowest BCUT2D eigenvalue weighted by Gasteiger charge is -2.07. The maximum Gasteiger partial charge on any atom is 0.573 e. The van der Waals surface area contributed by atoms with Crippen LogP contribution in [0.15, 0.2) is 35.3 Å². The lowest BCUT2D eigenvalue weighted by Crippen LogP contribution is -2.17. The first-order valence-electron chi connectivity index (χ1n) is 6.99. The van der Waals surface area contributed by atoms with Gasteiger partial charge in [0.05, 0.1) is 17.3 Å². The summed E-state index contributed by atoms with van der Waals surface area (Å²) in [6.07, 6.45) is -3.55. The fourth-order valence-corrected chi connectivity index (χ4v) is 2.96. The number of alkyl halides is 3. The van der Waals surface area contributed by atoms with Gasteiger partial charge < -0.3 is 14.5 Å². The highest BCUT2D eigenvalue weighted by Crippen LogP contribution is 2.31. The number of H-pyrrole nitrogens is 1. The van der Waals surface area contributed by atoms with Gasteiger partial charge in [-0.25, -0.2) is 4.98 Å². The first-order valence-corrected chi connectivity index (χ1v) is 7.81. The molecule has 2 N–H and O–H groups in total. The van der Waals surface area contributed by atoms with E-state index in [4.69, 9.17) is 4.74 Å². The molecule has 7 nitrogen and oxygen atoms in total. The number of aromatic amines is 1. The third-order valence-corrected chi connectivity index (χ3v) is 4.09. The molecular weight excluding hydrogens is 375 g/mol. The Kier molecular flexibility index (Phi) is 4.55. The molecule has 0 aliphatic rings. The van der Waals surface area contributed by atoms with E-state index < -0.39 is 17.7 Å². The fourth-order valence-electron chi connectivity index (χ4n) is 2.07. The van der Waals surface area contributed by atoms with Crippen molar-refractivity contribution in [3.63, 3.8) is 0 Å². The maximum atomic E-state index is 12.3. The summed E-state index contributed by atoms with van der Waals surface area (Å²) in [5.74, 6) is -0.958. The SMILES string of the molecule is COc1c[nH]c(C(=O)Nc2nc3ccc(OC(F)(F)F)cc3s2)cc1=O. The number of amides is 1. The number of fused-ring (bicyclic) bond motifs is 1. The molecule has 1 aromatic carbocycles. The number of nitrogens with one attached hydrogen (secondary N) is 2. The van der Waals surface area contributed by atoms with E-state index in [2.05, 4.69) is 20.0 Å². The average Bonchev–Trinajstić information content (AvgIpc) is 2.94. The second-order valence-electron chi connectivity index (χ2n) is 4.93. The van der Waals surface area contributed by atoms with Crippen LogP contribution >= 0.6 is 11.3 Å². The van der Waals surface area contributed by atoms with Crippen molar-refractivity contribution in [2.45, 2.75) is 6.36 Å². The molecule has 2 heterocycles. The molecule has 0 atom stereocenters. The summed E-state index contributed by atoms with van der Waals surface area (Å²) >= 11 is 0.965. The van der Waals surface area contributed by atoms with Gasteiger partial charge in [-0.2, -0.15) is 0 Å². The third kappa shape index (κ3) is 3.94. The number of thiazole rings is 1. The number of carbonyl (C=O) groups excluding carboxylic acids is 1. The monoisotopic (exact) mass is 385 g/mol. The van der Waals surface area contributed by atoms with Crippen LogP contribution in [-0.4, -0.2) is 29.3 Å². The summed E-state index contributed by atoms with van der Waals surface area (Å²) in [6.45, 7) is 0. The molecule has 11 heteroatoms. The van der Waals surface area contributed by atoms with E-state index in [-0.39, 0.29) is 22.3 Å². The number of rotatable bonds is 4. The zero-order valence-corrected chi connectivity index (χ0v) is 13.8. The summed E-state index contributed by atoms with van der Waals surface area (Å²) in [4.78, 5) is 30.6. The van der Waals surface area contributed by atoms with E-state index in [9.17, 15) is 22.8 Å².